The van der Waals surface area contributed by atoms with Crippen LogP contribution in [0.25, 0.3) is 11.0 Å². The lowest BCUT2D eigenvalue weighted by atomic mass is 10.1. The topological polar surface area (TPSA) is 56.7 Å². The van der Waals surface area contributed by atoms with E-state index in [2.05, 4.69) is 48.1 Å². The van der Waals surface area contributed by atoms with Gasteiger partial charge in [-0.25, -0.2) is 4.98 Å². The number of anilines is 1. The third-order valence-corrected chi connectivity index (χ3v) is 3.43. The van der Waals surface area contributed by atoms with Crippen molar-refractivity contribution in [2.24, 2.45) is 0 Å². The van der Waals surface area contributed by atoms with E-state index in [1.54, 1.807) is 6.20 Å². The second kappa shape index (κ2) is 4.39. The molecule has 0 saturated carbocycles. The van der Waals surface area contributed by atoms with Crippen LogP contribution in [-0.4, -0.2) is 14.5 Å². The number of imidazole rings is 1. The molecule has 0 aliphatic carbocycles. The van der Waals surface area contributed by atoms with Gasteiger partial charge in [-0.15, -0.1) is 0 Å². The molecular weight excluding hydrogens is 236 g/mol. The van der Waals surface area contributed by atoms with E-state index in [9.17, 15) is 0 Å². The van der Waals surface area contributed by atoms with Crippen LogP contribution in [0, 0.1) is 6.92 Å². The lowest BCUT2D eigenvalue weighted by Gasteiger charge is -2.16. The molecule has 0 aliphatic rings. The molecule has 0 aliphatic heterocycles. The van der Waals surface area contributed by atoms with Gasteiger partial charge in [-0.2, -0.15) is 0 Å². The third-order valence-electron chi connectivity index (χ3n) is 3.43. The number of rotatable bonds is 2. The van der Waals surface area contributed by atoms with E-state index >= 15 is 0 Å². The highest BCUT2D eigenvalue weighted by molar-refractivity contribution is 5.79. The zero-order chi connectivity index (χ0) is 13.4. The summed E-state index contributed by atoms with van der Waals surface area (Å²) in [4.78, 5) is 8.61. The van der Waals surface area contributed by atoms with Crippen molar-refractivity contribution in [3.05, 3.63) is 53.9 Å². The number of fused-ring (bicyclic) bond motifs is 1. The first kappa shape index (κ1) is 11.7. The normalized spacial score (nSPS) is 12.7. The van der Waals surface area contributed by atoms with Crippen LogP contribution >= 0.6 is 0 Å². The van der Waals surface area contributed by atoms with Gasteiger partial charge in [-0.05, 0) is 43.2 Å². The molecule has 4 heteroatoms. The average Bonchev–Trinajstić information content (AvgIpc) is 2.74. The highest BCUT2D eigenvalue weighted by atomic mass is 15.2. The number of aromatic nitrogens is 3. The van der Waals surface area contributed by atoms with Gasteiger partial charge in [0.2, 0.25) is 5.95 Å². The van der Waals surface area contributed by atoms with E-state index in [0.717, 1.165) is 16.6 Å². The van der Waals surface area contributed by atoms with Crippen LogP contribution in [0.2, 0.25) is 0 Å². The van der Waals surface area contributed by atoms with Gasteiger partial charge in [0.15, 0.2) is 0 Å². The molecule has 1 atom stereocenters. The van der Waals surface area contributed by atoms with E-state index in [4.69, 9.17) is 5.73 Å². The molecule has 3 rings (SSSR count). The molecule has 2 heterocycles. The number of pyridine rings is 1. The van der Waals surface area contributed by atoms with Crippen molar-refractivity contribution in [1.29, 1.82) is 0 Å². The lowest BCUT2D eigenvalue weighted by Crippen LogP contribution is -2.10. The largest absolute Gasteiger partial charge is 0.369 e. The fourth-order valence-corrected chi connectivity index (χ4v) is 2.41. The summed E-state index contributed by atoms with van der Waals surface area (Å²) < 4.78 is 2.05. The fourth-order valence-electron chi connectivity index (χ4n) is 2.41. The highest BCUT2D eigenvalue weighted by Crippen LogP contribution is 2.27. The highest BCUT2D eigenvalue weighted by Gasteiger charge is 2.15. The Balaban J connectivity index is 2.17. The molecular formula is C15H16N4. The lowest BCUT2D eigenvalue weighted by molar-refractivity contribution is 0.665. The van der Waals surface area contributed by atoms with Crippen LogP contribution in [-0.2, 0) is 0 Å². The van der Waals surface area contributed by atoms with Crippen LogP contribution in [0.3, 0.4) is 0 Å². The Morgan fingerprint density at radius 1 is 1.26 bits per heavy atom. The summed E-state index contributed by atoms with van der Waals surface area (Å²) >= 11 is 0. The van der Waals surface area contributed by atoms with Crippen LogP contribution in [0.15, 0.2) is 42.7 Å². The molecule has 19 heavy (non-hydrogen) atoms. The minimum Gasteiger partial charge on any atom is -0.369 e. The maximum atomic E-state index is 6.07. The Bertz CT molecular complexity index is 716. The van der Waals surface area contributed by atoms with Crippen molar-refractivity contribution in [1.82, 2.24) is 14.5 Å². The monoisotopic (exact) mass is 252 g/mol. The van der Waals surface area contributed by atoms with Crippen molar-refractivity contribution in [3.8, 4) is 0 Å². The number of aryl methyl sites for hydroxylation is 1. The molecule has 2 N–H and O–H groups in total. The first-order valence-electron chi connectivity index (χ1n) is 6.31. The number of hydrogen-bond acceptors (Lipinski definition) is 3. The van der Waals surface area contributed by atoms with Gasteiger partial charge in [0.1, 0.15) is 0 Å². The second-order valence-electron chi connectivity index (χ2n) is 4.79. The number of benzene rings is 1. The molecule has 3 aromatic rings. The van der Waals surface area contributed by atoms with Crippen LogP contribution in [0.4, 0.5) is 5.95 Å². The Morgan fingerprint density at radius 3 is 2.84 bits per heavy atom. The van der Waals surface area contributed by atoms with Gasteiger partial charge in [-0.3, -0.25) is 4.98 Å². The van der Waals surface area contributed by atoms with Crippen molar-refractivity contribution >= 4 is 17.0 Å². The van der Waals surface area contributed by atoms with Crippen molar-refractivity contribution in [2.75, 3.05) is 5.73 Å². The fraction of sp³-hybridized carbons (Fsp3) is 0.200. The smallest absolute Gasteiger partial charge is 0.201 e. The Labute approximate surface area is 111 Å². The maximum absolute atomic E-state index is 6.07. The van der Waals surface area contributed by atoms with Crippen LogP contribution in [0.1, 0.15) is 24.1 Å². The zero-order valence-electron chi connectivity index (χ0n) is 11.0. The van der Waals surface area contributed by atoms with Gasteiger partial charge >= 0.3 is 0 Å². The van der Waals surface area contributed by atoms with Gasteiger partial charge in [-0.1, -0.05) is 12.1 Å². The molecule has 2 aromatic heterocycles. The quantitative estimate of drug-likeness (QED) is 0.763. The zero-order valence-corrected chi connectivity index (χ0v) is 11.0. The van der Waals surface area contributed by atoms with Crippen LogP contribution in [0.5, 0.6) is 0 Å². The van der Waals surface area contributed by atoms with E-state index < -0.39 is 0 Å². The molecule has 4 nitrogen and oxygen atoms in total. The van der Waals surface area contributed by atoms with Gasteiger partial charge in [0.05, 0.1) is 17.1 Å². The molecule has 1 unspecified atom stereocenters. The standard InChI is InChI=1S/C15H16N4/c1-10-5-6-14-13(8-10)18-15(16)19(14)11(2)12-4-3-7-17-9-12/h3-9,11H,1-2H3,(H2,16,18). The number of nitrogens with two attached hydrogens (primary N) is 1. The van der Waals surface area contributed by atoms with Crippen LogP contribution < -0.4 is 5.73 Å². The summed E-state index contributed by atoms with van der Waals surface area (Å²) in [5, 5.41) is 0. The summed E-state index contributed by atoms with van der Waals surface area (Å²) in [5.41, 5.74) is 10.4. The van der Waals surface area contributed by atoms with E-state index in [-0.39, 0.29) is 6.04 Å². The molecule has 0 radical (unpaired) electrons. The maximum Gasteiger partial charge on any atom is 0.201 e. The molecule has 0 fully saturated rings. The minimum atomic E-state index is 0.112. The number of nitrogens with zero attached hydrogens (tertiary/aromatic N) is 3. The number of hydrogen-bond donors (Lipinski definition) is 1. The summed E-state index contributed by atoms with van der Waals surface area (Å²) in [5.74, 6) is 0.539. The van der Waals surface area contributed by atoms with E-state index in [1.165, 1.54) is 5.56 Å². The molecule has 0 spiro atoms. The summed E-state index contributed by atoms with van der Waals surface area (Å²) in [6, 6.07) is 10.3. The minimum absolute atomic E-state index is 0.112. The molecule has 0 saturated heterocycles. The Kier molecular flexibility index (Phi) is 2.71. The van der Waals surface area contributed by atoms with E-state index in [0.29, 0.717) is 5.95 Å². The molecule has 0 bridgehead atoms. The van der Waals surface area contributed by atoms with Crippen molar-refractivity contribution < 1.29 is 0 Å². The molecule has 96 valence electrons. The van der Waals surface area contributed by atoms with Gasteiger partial charge in [0.25, 0.3) is 0 Å². The Hall–Kier alpha value is -2.36. The van der Waals surface area contributed by atoms with Gasteiger partial charge < -0.3 is 10.3 Å². The average molecular weight is 252 g/mol. The van der Waals surface area contributed by atoms with E-state index in [1.807, 2.05) is 16.8 Å². The SMILES string of the molecule is Cc1ccc2c(c1)nc(N)n2C(C)c1cccnc1. The predicted octanol–water partition coefficient (Wildman–Crippen LogP) is 2.93. The summed E-state index contributed by atoms with van der Waals surface area (Å²) in [6.45, 7) is 4.16. The summed E-state index contributed by atoms with van der Waals surface area (Å²) in [7, 11) is 0. The third kappa shape index (κ3) is 1.95. The van der Waals surface area contributed by atoms with Crippen molar-refractivity contribution in [2.45, 2.75) is 19.9 Å². The first-order valence-corrected chi connectivity index (χ1v) is 6.31. The second-order valence-corrected chi connectivity index (χ2v) is 4.79. The molecule has 0 amide bonds. The Morgan fingerprint density at radius 2 is 2.11 bits per heavy atom. The first-order chi connectivity index (χ1) is 9.16. The van der Waals surface area contributed by atoms with Gasteiger partial charge in [0, 0.05) is 12.4 Å². The predicted molar refractivity (Wildman–Crippen MR) is 76.9 cm³/mol. The summed E-state index contributed by atoms with van der Waals surface area (Å²) in [6.07, 6.45) is 3.64. The van der Waals surface area contributed by atoms with Crippen molar-refractivity contribution in [3.63, 3.8) is 0 Å². The number of nitrogen functional groups attached to an aromatic ring is 1. The molecule has 1 aromatic carbocycles.